The third-order valence-corrected chi connectivity index (χ3v) is 4.72. The summed E-state index contributed by atoms with van der Waals surface area (Å²) in [6, 6.07) is 10.0. The van der Waals surface area contributed by atoms with E-state index in [2.05, 4.69) is 37.7 Å². The van der Waals surface area contributed by atoms with Crippen LogP contribution in [-0.2, 0) is 11.3 Å². The number of aromatic nitrogens is 4. The summed E-state index contributed by atoms with van der Waals surface area (Å²) in [7, 11) is 0. The second-order valence-electron chi connectivity index (χ2n) is 5.71. The number of ether oxygens (including phenoxy) is 2. The van der Waals surface area contributed by atoms with E-state index >= 15 is 0 Å². The van der Waals surface area contributed by atoms with Gasteiger partial charge in [-0.25, -0.2) is 9.67 Å². The van der Waals surface area contributed by atoms with Crippen LogP contribution in [0.4, 0.5) is 0 Å². The highest BCUT2D eigenvalue weighted by Gasteiger charge is 2.22. The van der Waals surface area contributed by atoms with Gasteiger partial charge in [0.1, 0.15) is 12.1 Å². The smallest absolute Gasteiger partial charge is 0.234 e. The minimum absolute atomic E-state index is 0.0663. The van der Waals surface area contributed by atoms with Gasteiger partial charge in [0, 0.05) is 6.61 Å². The summed E-state index contributed by atoms with van der Waals surface area (Å²) >= 11 is 2.19. The van der Waals surface area contributed by atoms with Crippen molar-refractivity contribution in [3.8, 4) is 5.88 Å². The van der Waals surface area contributed by atoms with E-state index in [1.807, 2.05) is 35.0 Å². The maximum atomic E-state index is 5.84. The SMILES string of the molecule is Ic1nn(C2CCCCO2)c2nc(OCc3ccccc3)cnc12. The van der Waals surface area contributed by atoms with Gasteiger partial charge in [0.05, 0.1) is 6.20 Å². The maximum Gasteiger partial charge on any atom is 0.234 e. The van der Waals surface area contributed by atoms with Gasteiger partial charge >= 0.3 is 0 Å². The highest BCUT2D eigenvalue weighted by Crippen LogP contribution is 2.27. The topological polar surface area (TPSA) is 62.1 Å². The highest BCUT2D eigenvalue weighted by molar-refractivity contribution is 14.1. The molecule has 0 radical (unpaired) electrons. The minimum Gasteiger partial charge on any atom is -0.472 e. The van der Waals surface area contributed by atoms with Crippen LogP contribution in [0.5, 0.6) is 5.88 Å². The molecule has 0 saturated carbocycles. The molecule has 7 heteroatoms. The average Bonchev–Trinajstić information content (AvgIpc) is 2.98. The largest absolute Gasteiger partial charge is 0.472 e. The van der Waals surface area contributed by atoms with E-state index in [1.54, 1.807) is 6.20 Å². The lowest BCUT2D eigenvalue weighted by Gasteiger charge is -2.22. The summed E-state index contributed by atoms with van der Waals surface area (Å²) in [5, 5.41) is 4.57. The van der Waals surface area contributed by atoms with Gasteiger partial charge in [-0.15, -0.1) is 0 Å². The highest BCUT2D eigenvalue weighted by atomic mass is 127. The van der Waals surface area contributed by atoms with Crippen molar-refractivity contribution in [2.75, 3.05) is 6.61 Å². The first-order chi connectivity index (χ1) is 11.8. The lowest BCUT2D eigenvalue weighted by molar-refractivity contribution is -0.0372. The predicted molar refractivity (Wildman–Crippen MR) is 97.7 cm³/mol. The Morgan fingerprint density at radius 1 is 1.25 bits per heavy atom. The molecule has 1 aliphatic heterocycles. The van der Waals surface area contributed by atoms with Gasteiger partial charge in [-0.05, 0) is 47.4 Å². The fraction of sp³-hybridized carbons (Fsp3) is 0.353. The monoisotopic (exact) mass is 436 g/mol. The first kappa shape index (κ1) is 15.8. The second kappa shape index (κ2) is 7.02. The summed E-state index contributed by atoms with van der Waals surface area (Å²) < 4.78 is 14.3. The molecule has 0 N–H and O–H groups in total. The number of nitrogens with zero attached hydrogens (tertiary/aromatic N) is 4. The molecule has 0 bridgehead atoms. The Labute approximate surface area is 153 Å². The van der Waals surface area contributed by atoms with Crippen LogP contribution in [0.2, 0.25) is 0 Å². The molecule has 0 spiro atoms. The van der Waals surface area contributed by atoms with E-state index in [0.717, 1.165) is 46.3 Å². The molecule has 1 fully saturated rings. The van der Waals surface area contributed by atoms with Gasteiger partial charge in [0.25, 0.3) is 0 Å². The third kappa shape index (κ3) is 3.23. The fourth-order valence-electron chi connectivity index (χ4n) is 2.78. The van der Waals surface area contributed by atoms with Crippen molar-refractivity contribution < 1.29 is 9.47 Å². The Bertz CT molecular complexity index is 831. The van der Waals surface area contributed by atoms with Crippen LogP contribution < -0.4 is 4.74 Å². The first-order valence-corrected chi connectivity index (χ1v) is 9.08. The van der Waals surface area contributed by atoms with Crippen LogP contribution in [0, 0.1) is 3.70 Å². The molecular formula is C17H17IN4O2. The lowest BCUT2D eigenvalue weighted by atomic mass is 10.2. The van der Waals surface area contributed by atoms with E-state index in [9.17, 15) is 0 Å². The summed E-state index contributed by atoms with van der Waals surface area (Å²) in [6.07, 6.45) is 4.78. The van der Waals surface area contributed by atoms with Crippen LogP contribution >= 0.6 is 22.6 Å². The van der Waals surface area contributed by atoms with Crippen LogP contribution in [0.1, 0.15) is 31.1 Å². The molecule has 6 nitrogen and oxygen atoms in total. The standard InChI is InChI=1S/C17H17IN4O2/c18-16-15-17(22(21-16)14-8-4-5-9-23-14)20-13(10-19-15)24-11-12-6-2-1-3-7-12/h1-3,6-7,10,14H,4-5,8-9,11H2. The number of rotatable bonds is 4. The molecule has 3 heterocycles. The molecule has 3 aromatic rings. The second-order valence-corrected chi connectivity index (χ2v) is 6.73. The van der Waals surface area contributed by atoms with Crippen LogP contribution in [0.15, 0.2) is 36.5 Å². The van der Waals surface area contributed by atoms with Gasteiger partial charge in [0.15, 0.2) is 15.6 Å². The number of fused-ring (bicyclic) bond motifs is 1. The van der Waals surface area contributed by atoms with Gasteiger partial charge < -0.3 is 9.47 Å². The number of hydrogen-bond acceptors (Lipinski definition) is 5. The average molecular weight is 436 g/mol. The van der Waals surface area contributed by atoms with Crippen molar-refractivity contribution in [3.63, 3.8) is 0 Å². The van der Waals surface area contributed by atoms with Crippen molar-refractivity contribution in [3.05, 3.63) is 45.8 Å². The van der Waals surface area contributed by atoms with Crippen LogP contribution in [-0.4, -0.2) is 26.4 Å². The van der Waals surface area contributed by atoms with Crippen molar-refractivity contribution in [2.45, 2.75) is 32.1 Å². The Hall–Kier alpha value is -1.74. The van der Waals surface area contributed by atoms with Crippen molar-refractivity contribution in [1.29, 1.82) is 0 Å². The van der Waals surface area contributed by atoms with E-state index < -0.39 is 0 Å². The quantitative estimate of drug-likeness (QED) is 0.584. The molecule has 1 saturated heterocycles. The van der Waals surface area contributed by atoms with E-state index in [1.165, 1.54) is 0 Å². The molecule has 1 aliphatic rings. The zero-order valence-corrected chi connectivity index (χ0v) is 15.2. The van der Waals surface area contributed by atoms with Gasteiger partial charge in [0.2, 0.25) is 5.88 Å². The summed E-state index contributed by atoms with van der Waals surface area (Å²) in [6.45, 7) is 1.23. The molecule has 0 aliphatic carbocycles. The Morgan fingerprint density at radius 2 is 2.12 bits per heavy atom. The summed E-state index contributed by atoms with van der Waals surface area (Å²) in [5.74, 6) is 0.500. The summed E-state index contributed by atoms with van der Waals surface area (Å²) in [5.41, 5.74) is 2.60. The normalized spacial score (nSPS) is 18.0. The Morgan fingerprint density at radius 3 is 2.92 bits per heavy atom. The zero-order chi connectivity index (χ0) is 16.4. The van der Waals surface area contributed by atoms with Crippen LogP contribution in [0.25, 0.3) is 11.2 Å². The molecule has 0 amide bonds. The van der Waals surface area contributed by atoms with E-state index in [4.69, 9.17) is 9.47 Å². The molecule has 1 unspecified atom stereocenters. The molecule has 1 aromatic carbocycles. The van der Waals surface area contributed by atoms with Gasteiger partial charge in [-0.2, -0.15) is 10.1 Å². The molecule has 1 atom stereocenters. The third-order valence-electron chi connectivity index (χ3n) is 4.00. The van der Waals surface area contributed by atoms with E-state index in [-0.39, 0.29) is 6.23 Å². The predicted octanol–water partition coefficient (Wildman–Crippen LogP) is 3.71. The Kier molecular flexibility index (Phi) is 4.61. The zero-order valence-electron chi connectivity index (χ0n) is 13.1. The fourth-order valence-corrected chi connectivity index (χ4v) is 3.39. The van der Waals surface area contributed by atoms with Crippen molar-refractivity contribution in [1.82, 2.24) is 19.7 Å². The van der Waals surface area contributed by atoms with E-state index in [0.29, 0.717) is 12.5 Å². The molecular weight excluding hydrogens is 419 g/mol. The number of benzene rings is 1. The molecule has 2 aromatic heterocycles. The van der Waals surface area contributed by atoms with Crippen LogP contribution in [0.3, 0.4) is 0 Å². The van der Waals surface area contributed by atoms with Gasteiger partial charge in [-0.3, -0.25) is 0 Å². The molecule has 124 valence electrons. The summed E-state index contributed by atoms with van der Waals surface area (Å²) in [4.78, 5) is 9.09. The Balaban J connectivity index is 1.61. The molecule has 24 heavy (non-hydrogen) atoms. The maximum absolute atomic E-state index is 5.84. The van der Waals surface area contributed by atoms with Crippen molar-refractivity contribution >= 4 is 33.8 Å². The molecule has 4 rings (SSSR count). The number of hydrogen-bond donors (Lipinski definition) is 0. The lowest BCUT2D eigenvalue weighted by Crippen LogP contribution is -2.19. The minimum atomic E-state index is -0.0663. The van der Waals surface area contributed by atoms with Crippen molar-refractivity contribution in [2.24, 2.45) is 0 Å². The first-order valence-electron chi connectivity index (χ1n) is 8.00. The van der Waals surface area contributed by atoms with Gasteiger partial charge in [-0.1, -0.05) is 30.3 Å². The number of halogens is 1.